The van der Waals surface area contributed by atoms with Crippen molar-refractivity contribution in [2.75, 3.05) is 0 Å². The van der Waals surface area contributed by atoms with Gasteiger partial charge in [0.25, 0.3) is 5.91 Å². The zero-order valence-electron chi connectivity index (χ0n) is 10.7. The minimum absolute atomic E-state index is 0.357. The molecule has 0 atom stereocenters. The van der Waals surface area contributed by atoms with E-state index < -0.39 is 0 Å². The molecule has 0 aliphatic heterocycles. The number of carbonyl (C=O) groups is 1. The first-order valence-corrected chi connectivity index (χ1v) is 6.72. The fourth-order valence-electron chi connectivity index (χ4n) is 1.62. The zero-order chi connectivity index (χ0) is 14.5. The molecule has 0 aliphatic carbocycles. The molecule has 2 rings (SSSR count). The average Bonchev–Trinajstić information content (AvgIpc) is 2.45. The fourth-order valence-corrected chi connectivity index (χ4v) is 2.19. The van der Waals surface area contributed by atoms with Gasteiger partial charge in [-0.1, -0.05) is 34.1 Å². The van der Waals surface area contributed by atoms with Crippen molar-refractivity contribution in [2.24, 2.45) is 5.10 Å². The first kappa shape index (κ1) is 14.4. The maximum absolute atomic E-state index is 12.8. The molecule has 0 fully saturated rings. The molecule has 0 unspecified atom stereocenters. The predicted octanol–water partition coefficient (Wildman–Crippen LogP) is 3.74. The lowest BCUT2D eigenvalue weighted by Gasteiger charge is -2.05. The van der Waals surface area contributed by atoms with Gasteiger partial charge in [-0.3, -0.25) is 4.79 Å². The third-order valence-electron chi connectivity index (χ3n) is 2.70. The second-order valence-corrected chi connectivity index (χ2v) is 4.98. The van der Waals surface area contributed by atoms with Crippen LogP contribution in [0.2, 0.25) is 0 Å². The van der Waals surface area contributed by atoms with Gasteiger partial charge in [0.15, 0.2) is 0 Å². The van der Waals surface area contributed by atoms with Crippen molar-refractivity contribution in [1.29, 1.82) is 0 Å². The lowest BCUT2D eigenvalue weighted by Crippen LogP contribution is -2.19. The van der Waals surface area contributed by atoms with Crippen LogP contribution in [0.4, 0.5) is 4.39 Å². The maximum atomic E-state index is 12.8. The third-order valence-corrected chi connectivity index (χ3v) is 3.39. The molecule has 0 radical (unpaired) electrons. The fraction of sp³-hybridized carbons (Fsp3) is 0.0667. The van der Waals surface area contributed by atoms with E-state index in [0.717, 1.165) is 10.0 Å². The monoisotopic (exact) mass is 334 g/mol. The van der Waals surface area contributed by atoms with Gasteiger partial charge in [0.2, 0.25) is 0 Å². The van der Waals surface area contributed by atoms with Gasteiger partial charge in [-0.25, -0.2) is 9.82 Å². The van der Waals surface area contributed by atoms with Gasteiger partial charge in [-0.15, -0.1) is 0 Å². The molecule has 0 spiro atoms. The molecular weight excluding hydrogens is 323 g/mol. The molecule has 1 N–H and O–H groups in total. The number of nitrogens with one attached hydrogen (secondary N) is 1. The molecule has 0 bridgehead atoms. The number of rotatable bonds is 3. The topological polar surface area (TPSA) is 41.5 Å². The maximum Gasteiger partial charge on any atom is 0.271 e. The van der Waals surface area contributed by atoms with E-state index in [1.165, 1.54) is 24.3 Å². The standard InChI is InChI=1S/C15H12BrFN2O/c1-10(13-4-2-3-5-14(13)16)18-19-15(20)11-6-8-12(17)9-7-11/h2-9H,1H3,(H,19,20)/b18-10-. The smallest absolute Gasteiger partial charge is 0.267 e. The molecule has 0 saturated carbocycles. The summed E-state index contributed by atoms with van der Waals surface area (Å²) in [6.07, 6.45) is 0. The molecule has 2 aromatic carbocycles. The Morgan fingerprint density at radius 1 is 1.15 bits per heavy atom. The summed E-state index contributed by atoms with van der Waals surface area (Å²) < 4.78 is 13.7. The number of hydrazone groups is 1. The summed E-state index contributed by atoms with van der Waals surface area (Å²) in [5.41, 5.74) is 4.38. The third kappa shape index (κ3) is 3.51. The number of hydrogen-bond donors (Lipinski definition) is 1. The summed E-state index contributed by atoms with van der Waals surface area (Å²) in [6.45, 7) is 1.80. The Morgan fingerprint density at radius 3 is 2.45 bits per heavy atom. The van der Waals surface area contributed by atoms with E-state index in [0.29, 0.717) is 11.3 Å². The lowest BCUT2D eigenvalue weighted by atomic mass is 10.1. The van der Waals surface area contributed by atoms with E-state index in [4.69, 9.17) is 0 Å². The number of amides is 1. The van der Waals surface area contributed by atoms with Gasteiger partial charge in [0, 0.05) is 15.6 Å². The summed E-state index contributed by atoms with van der Waals surface area (Å²) in [5, 5.41) is 4.05. The molecule has 0 aromatic heterocycles. The van der Waals surface area contributed by atoms with Crippen LogP contribution in [0.1, 0.15) is 22.8 Å². The number of halogens is 2. The van der Waals surface area contributed by atoms with Crippen molar-refractivity contribution in [3.63, 3.8) is 0 Å². The number of nitrogens with zero attached hydrogens (tertiary/aromatic N) is 1. The summed E-state index contributed by atoms with van der Waals surface area (Å²) >= 11 is 3.42. The van der Waals surface area contributed by atoms with Crippen LogP contribution in [-0.4, -0.2) is 11.6 Å². The van der Waals surface area contributed by atoms with Crippen molar-refractivity contribution in [3.05, 3.63) is 69.9 Å². The second-order valence-electron chi connectivity index (χ2n) is 4.12. The highest BCUT2D eigenvalue weighted by molar-refractivity contribution is 9.10. The summed E-state index contributed by atoms with van der Waals surface area (Å²) in [7, 11) is 0. The van der Waals surface area contributed by atoms with E-state index in [1.807, 2.05) is 24.3 Å². The van der Waals surface area contributed by atoms with E-state index in [9.17, 15) is 9.18 Å². The van der Waals surface area contributed by atoms with Gasteiger partial charge in [-0.2, -0.15) is 5.10 Å². The molecule has 20 heavy (non-hydrogen) atoms. The highest BCUT2D eigenvalue weighted by Crippen LogP contribution is 2.16. The molecule has 2 aromatic rings. The Labute approximate surface area is 124 Å². The highest BCUT2D eigenvalue weighted by atomic mass is 79.9. The molecule has 3 nitrogen and oxygen atoms in total. The minimum Gasteiger partial charge on any atom is -0.267 e. The van der Waals surface area contributed by atoms with E-state index in [1.54, 1.807) is 6.92 Å². The van der Waals surface area contributed by atoms with Gasteiger partial charge in [0.05, 0.1) is 5.71 Å². The summed E-state index contributed by atoms with van der Waals surface area (Å²) in [4.78, 5) is 11.8. The van der Waals surface area contributed by atoms with Crippen LogP contribution >= 0.6 is 15.9 Å². The van der Waals surface area contributed by atoms with Crippen molar-refractivity contribution in [3.8, 4) is 0 Å². The van der Waals surface area contributed by atoms with Gasteiger partial charge in [-0.05, 0) is 37.3 Å². The van der Waals surface area contributed by atoms with Gasteiger partial charge in [0.1, 0.15) is 5.82 Å². The second kappa shape index (κ2) is 6.43. The van der Waals surface area contributed by atoms with Crippen LogP contribution in [0.5, 0.6) is 0 Å². The van der Waals surface area contributed by atoms with Gasteiger partial charge < -0.3 is 0 Å². The largest absolute Gasteiger partial charge is 0.271 e. The molecule has 0 saturated heterocycles. The Balaban J connectivity index is 2.11. The summed E-state index contributed by atoms with van der Waals surface area (Å²) in [5.74, 6) is -0.758. The van der Waals surface area contributed by atoms with Crippen molar-refractivity contribution >= 4 is 27.5 Å². The zero-order valence-corrected chi connectivity index (χ0v) is 12.3. The number of carbonyl (C=O) groups excluding carboxylic acids is 1. The van der Waals surface area contributed by atoms with Crippen molar-refractivity contribution < 1.29 is 9.18 Å². The van der Waals surface area contributed by atoms with Crippen LogP contribution in [0.15, 0.2) is 58.1 Å². The molecule has 0 heterocycles. The van der Waals surface area contributed by atoms with Crippen LogP contribution in [0.3, 0.4) is 0 Å². The Kier molecular flexibility index (Phi) is 4.63. The first-order valence-electron chi connectivity index (χ1n) is 5.93. The summed E-state index contributed by atoms with van der Waals surface area (Å²) in [6, 6.07) is 12.9. The Morgan fingerprint density at radius 2 is 1.80 bits per heavy atom. The van der Waals surface area contributed by atoms with Crippen LogP contribution in [-0.2, 0) is 0 Å². The van der Waals surface area contributed by atoms with E-state index in [-0.39, 0.29) is 11.7 Å². The SMILES string of the molecule is C/C(=N/NC(=O)c1ccc(F)cc1)c1ccccc1Br. The lowest BCUT2D eigenvalue weighted by molar-refractivity contribution is 0.0955. The average molecular weight is 335 g/mol. The number of benzene rings is 2. The van der Waals surface area contributed by atoms with Crippen LogP contribution < -0.4 is 5.43 Å². The van der Waals surface area contributed by atoms with Gasteiger partial charge >= 0.3 is 0 Å². The quantitative estimate of drug-likeness (QED) is 0.674. The van der Waals surface area contributed by atoms with Crippen molar-refractivity contribution in [2.45, 2.75) is 6.92 Å². The van der Waals surface area contributed by atoms with Crippen molar-refractivity contribution in [1.82, 2.24) is 5.43 Å². The van der Waals surface area contributed by atoms with E-state index in [2.05, 4.69) is 26.5 Å². The molecule has 102 valence electrons. The molecule has 0 aliphatic rings. The molecule has 5 heteroatoms. The normalized spacial score (nSPS) is 11.2. The predicted molar refractivity (Wildman–Crippen MR) is 80.2 cm³/mol. The first-order chi connectivity index (χ1) is 9.58. The molecular formula is C15H12BrFN2O. The molecule has 1 amide bonds. The van der Waals surface area contributed by atoms with Crippen LogP contribution in [0, 0.1) is 5.82 Å². The van der Waals surface area contributed by atoms with Crippen LogP contribution in [0.25, 0.3) is 0 Å². The number of hydrogen-bond acceptors (Lipinski definition) is 2. The minimum atomic E-state index is -0.380. The van der Waals surface area contributed by atoms with E-state index >= 15 is 0 Å². The highest BCUT2D eigenvalue weighted by Gasteiger charge is 2.06. The Bertz CT molecular complexity index is 653. The Hall–Kier alpha value is -2.01.